The molecule has 0 radical (unpaired) electrons. The second-order valence-electron chi connectivity index (χ2n) is 8.01. The highest BCUT2D eigenvalue weighted by Crippen LogP contribution is 2.42. The summed E-state index contributed by atoms with van der Waals surface area (Å²) in [5.41, 5.74) is 2.08. The third-order valence-electron chi connectivity index (χ3n) is 5.69. The maximum atomic E-state index is 12.6. The molecule has 178 valence electrons. The number of rotatable bonds is 6. The first-order chi connectivity index (χ1) is 16.4. The molecule has 1 atom stereocenters. The SMILES string of the molecule is C/C=S(\c1cc([N+](=O)[O-])ccc1Oc1cc(C)ccc1C)N1CCN(C(=O)c2ccco2)CC1. The number of hydrogen-bond acceptors (Lipinski definition) is 6. The van der Waals surface area contributed by atoms with Crippen molar-refractivity contribution in [3.63, 3.8) is 0 Å². The quantitative estimate of drug-likeness (QED) is 0.265. The fourth-order valence-corrected chi connectivity index (χ4v) is 5.80. The monoisotopic (exact) mass is 481 g/mol. The molecule has 9 heteroatoms. The van der Waals surface area contributed by atoms with E-state index in [-0.39, 0.29) is 16.5 Å². The van der Waals surface area contributed by atoms with Gasteiger partial charge < -0.3 is 14.1 Å². The normalized spacial score (nSPS) is 15.3. The Labute approximate surface area is 200 Å². The summed E-state index contributed by atoms with van der Waals surface area (Å²) >= 11 is 0. The summed E-state index contributed by atoms with van der Waals surface area (Å²) in [6.45, 7) is 8.26. The second kappa shape index (κ2) is 10.2. The summed E-state index contributed by atoms with van der Waals surface area (Å²) in [5.74, 6) is 1.52. The molecule has 0 spiro atoms. The van der Waals surface area contributed by atoms with Crippen LogP contribution in [0.15, 0.2) is 64.1 Å². The van der Waals surface area contributed by atoms with Crippen LogP contribution in [0.3, 0.4) is 0 Å². The Kier molecular flexibility index (Phi) is 7.14. The average Bonchev–Trinajstić information content (AvgIpc) is 3.38. The number of piperazine rings is 1. The molecular formula is C25H27N3O5S. The highest BCUT2D eigenvalue weighted by molar-refractivity contribution is 8.13. The first-order valence-electron chi connectivity index (χ1n) is 11.0. The van der Waals surface area contributed by atoms with Crippen molar-refractivity contribution in [2.24, 2.45) is 0 Å². The molecule has 1 aliphatic rings. The summed E-state index contributed by atoms with van der Waals surface area (Å²) in [5, 5.41) is 13.6. The summed E-state index contributed by atoms with van der Waals surface area (Å²) in [4.78, 5) is 26.3. The van der Waals surface area contributed by atoms with Gasteiger partial charge in [-0.15, -0.1) is 0 Å². The van der Waals surface area contributed by atoms with E-state index in [1.165, 1.54) is 12.3 Å². The van der Waals surface area contributed by atoms with Gasteiger partial charge in [0.2, 0.25) is 0 Å². The largest absolute Gasteiger partial charge is 0.459 e. The number of hydrogen-bond donors (Lipinski definition) is 0. The Morgan fingerprint density at radius 2 is 1.85 bits per heavy atom. The number of nitrogens with zero attached hydrogens (tertiary/aromatic N) is 3. The Morgan fingerprint density at radius 3 is 2.50 bits per heavy atom. The zero-order valence-electron chi connectivity index (χ0n) is 19.4. The van der Waals surface area contributed by atoms with Gasteiger partial charge in [0.1, 0.15) is 11.5 Å². The topological polar surface area (TPSA) is 89.1 Å². The molecule has 1 aromatic heterocycles. The molecular weight excluding hydrogens is 454 g/mol. The Bertz CT molecular complexity index is 1230. The highest BCUT2D eigenvalue weighted by Gasteiger charge is 2.27. The van der Waals surface area contributed by atoms with Gasteiger partial charge in [0, 0.05) is 38.3 Å². The van der Waals surface area contributed by atoms with Crippen molar-refractivity contribution in [2.45, 2.75) is 25.7 Å². The number of ether oxygens (including phenoxy) is 1. The molecule has 0 aliphatic carbocycles. The fraction of sp³-hybridized carbons (Fsp3) is 0.280. The molecule has 4 rings (SSSR count). The molecule has 1 amide bonds. The number of carbonyl (C=O) groups is 1. The fourth-order valence-electron chi connectivity index (χ4n) is 3.85. The lowest BCUT2D eigenvalue weighted by Gasteiger charge is -2.36. The minimum atomic E-state index is -0.553. The molecule has 1 aliphatic heterocycles. The number of furan rings is 1. The Hall–Kier alpha value is -3.43. The maximum absolute atomic E-state index is 12.6. The number of non-ortho nitro benzene ring substituents is 1. The molecule has 3 aromatic rings. The molecule has 0 N–H and O–H groups in total. The third-order valence-corrected chi connectivity index (χ3v) is 7.82. The predicted molar refractivity (Wildman–Crippen MR) is 133 cm³/mol. The number of aryl methyl sites for hydroxylation is 2. The predicted octanol–water partition coefficient (Wildman–Crippen LogP) is 5.42. The van der Waals surface area contributed by atoms with Crippen molar-refractivity contribution < 1.29 is 18.9 Å². The Morgan fingerprint density at radius 1 is 1.09 bits per heavy atom. The van der Waals surface area contributed by atoms with E-state index in [0.717, 1.165) is 21.8 Å². The number of carbonyl (C=O) groups excluding carboxylic acids is 1. The molecule has 1 unspecified atom stereocenters. The van der Waals surface area contributed by atoms with Gasteiger partial charge in [0.15, 0.2) is 5.76 Å². The lowest BCUT2D eigenvalue weighted by molar-refractivity contribution is -0.385. The zero-order valence-corrected chi connectivity index (χ0v) is 20.2. The average molecular weight is 482 g/mol. The van der Waals surface area contributed by atoms with Crippen LogP contribution in [0, 0.1) is 24.0 Å². The van der Waals surface area contributed by atoms with Gasteiger partial charge in [0.05, 0.1) is 16.1 Å². The molecule has 8 nitrogen and oxygen atoms in total. The number of benzene rings is 2. The first kappa shape index (κ1) is 23.7. The van der Waals surface area contributed by atoms with E-state index in [2.05, 4.69) is 4.31 Å². The van der Waals surface area contributed by atoms with Gasteiger partial charge in [-0.25, -0.2) is 4.31 Å². The van der Waals surface area contributed by atoms with Crippen LogP contribution < -0.4 is 4.74 Å². The smallest absolute Gasteiger partial charge is 0.289 e. The lowest BCUT2D eigenvalue weighted by Crippen LogP contribution is -2.46. The van der Waals surface area contributed by atoms with Gasteiger partial charge in [-0.3, -0.25) is 14.9 Å². The minimum Gasteiger partial charge on any atom is -0.459 e. The van der Waals surface area contributed by atoms with Gasteiger partial charge in [-0.2, -0.15) is 0 Å². The van der Waals surface area contributed by atoms with Crippen LogP contribution in [0.25, 0.3) is 0 Å². The molecule has 2 heterocycles. The van der Waals surface area contributed by atoms with Gasteiger partial charge >= 0.3 is 0 Å². The zero-order chi connectivity index (χ0) is 24.2. The molecule has 0 saturated carbocycles. The van der Waals surface area contributed by atoms with E-state index in [9.17, 15) is 14.9 Å². The van der Waals surface area contributed by atoms with Crippen molar-refractivity contribution in [3.05, 3.63) is 81.8 Å². The summed E-state index contributed by atoms with van der Waals surface area (Å²) < 4.78 is 13.8. The van der Waals surface area contributed by atoms with Gasteiger partial charge in [-0.1, -0.05) is 22.8 Å². The van der Waals surface area contributed by atoms with Crippen LogP contribution in [0.4, 0.5) is 5.69 Å². The summed E-state index contributed by atoms with van der Waals surface area (Å²) in [6.07, 6.45) is 1.49. The van der Waals surface area contributed by atoms with Crippen LogP contribution in [0.1, 0.15) is 28.6 Å². The highest BCUT2D eigenvalue weighted by atomic mass is 32.2. The second-order valence-corrected chi connectivity index (χ2v) is 10.1. The van der Waals surface area contributed by atoms with Gasteiger partial charge in [0.25, 0.3) is 11.6 Å². The van der Waals surface area contributed by atoms with E-state index >= 15 is 0 Å². The maximum Gasteiger partial charge on any atom is 0.289 e. The van der Waals surface area contributed by atoms with Gasteiger partial charge in [-0.05, 0) is 61.5 Å². The van der Waals surface area contributed by atoms with Crippen molar-refractivity contribution in [1.82, 2.24) is 9.21 Å². The molecule has 2 aromatic carbocycles. The molecule has 0 bridgehead atoms. The molecule has 1 saturated heterocycles. The van der Waals surface area contributed by atoms with Crippen LogP contribution in [-0.4, -0.2) is 51.6 Å². The molecule has 1 fully saturated rings. The lowest BCUT2D eigenvalue weighted by atomic mass is 10.1. The van der Waals surface area contributed by atoms with Crippen LogP contribution in [0.2, 0.25) is 0 Å². The minimum absolute atomic E-state index is 0.0225. The van der Waals surface area contributed by atoms with E-state index in [4.69, 9.17) is 9.15 Å². The number of nitro groups is 1. The van der Waals surface area contributed by atoms with Crippen molar-refractivity contribution in [3.8, 4) is 11.5 Å². The van der Waals surface area contributed by atoms with Crippen molar-refractivity contribution in [1.29, 1.82) is 0 Å². The first-order valence-corrected chi connectivity index (χ1v) is 12.3. The van der Waals surface area contributed by atoms with Crippen molar-refractivity contribution >= 4 is 27.6 Å². The summed E-state index contributed by atoms with van der Waals surface area (Å²) in [6, 6.07) is 14.1. The Balaban J connectivity index is 1.61. The number of amides is 1. The van der Waals surface area contributed by atoms with Crippen molar-refractivity contribution in [2.75, 3.05) is 26.2 Å². The third kappa shape index (κ3) is 5.05. The standard InChI is InChI=1S/C25H27N3O5S/c1-4-34(27-13-11-26(12-14-27)25(29)22-6-5-15-32-22)24-17-20(28(30)31)9-10-21(24)33-23-16-18(2)7-8-19(23)3/h4-10,15-17H,11-14H2,1-3H3. The van der Waals surface area contributed by atoms with E-state index in [0.29, 0.717) is 37.7 Å². The number of nitro benzene ring substituents is 1. The van der Waals surface area contributed by atoms with E-state index in [1.807, 2.05) is 44.3 Å². The summed E-state index contributed by atoms with van der Waals surface area (Å²) in [7, 11) is -0.553. The van der Waals surface area contributed by atoms with Crippen LogP contribution >= 0.6 is 10.7 Å². The van der Waals surface area contributed by atoms with Crippen LogP contribution in [0.5, 0.6) is 11.5 Å². The van der Waals surface area contributed by atoms with E-state index in [1.54, 1.807) is 29.2 Å². The van der Waals surface area contributed by atoms with Crippen LogP contribution in [-0.2, 0) is 0 Å². The van der Waals surface area contributed by atoms with E-state index < -0.39 is 10.7 Å². The molecule has 34 heavy (non-hydrogen) atoms.